The van der Waals surface area contributed by atoms with Crippen LogP contribution in [0.5, 0.6) is 0 Å². The maximum Gasteiger partial charge on any atom is 0.0832 e. The molecule has 1 fully saturated rings. The fourth-order valence-corrected chi connectivity index (χ4v) is 2.38. The monoisotopic (exact) mass is 248 g/mol. The number of β-amino-alcohol motifs (C(OH)–C–C–N with tert-alkyl or cyclic N) is 1. The zero-order valence-electron chi connectivity index (χ0n) is 11.6. The number of nitrogens with one attached hydrogen (secondary N) is 1. The second-order valence-electron chi connectivity index (χ2n) is 6.12. The molecule has 0 bridgehead atoms. The van der Waals surface area contributed by atoms with Crippen LogP contribution in [0.2, 0.25) is 0 Å². The molecule has 2 rings (SSSR count). The highest BCUT2D eigenvalue weighted by Gasteiger charge is 2.36. The SMILES string of the molecule is CC(C)(C)N1C[C@H](NCc2ccccc2)[C@@H](O)C1. The van der Waals surface area contributed by atoms with Gasteiger partial charge < -0.3 is 10.4 Å². The highest BCUT2D eigenvalue weighted by molar-refractivity contribution is 5.14. The summed E-state index contributed by atoms with van der Waals surface area (Å²) in [6.07, 6.45) is -0.270. The van der Waals surface area contributed by atoms with Crippen LogP contribution in [0.25, 0.3) is 0 Å². The van der Waals surface area contributed by atoms with E-state index in [9.17, 15) is 5.11 Å². The van der Waals surface area contributed by atoms with Crippen molar-refractivity contribution in [3.8, 4) is 0 Å². The van der Waals surface area contributed by atoms with E-state index in [4.69, 9.17) is 0 Å². The first-order valence-electron chi connectivity index (χ1n) is 6.67. The maximum atomic E-state index is 10.1. The van der Waals surface area contributed by atoms with Crippen LogP contribution in [0.4, 0.5) is 0 Å². The van der Waals surface area contributed by atoms with Crippen molar-refractivity contribution in [3.63, 3.8) is 0 Å². The van der Waals surface area contributed by atoms with E-state index in [1.165, 1.54) is 5.56 Å². The molecule has 0 spiro atoms. The van der Waals surface area contributed by atoms with Crippen LogP contribution in [0.1, 0.15) is 26.3 Å². The largest absolute Gasteiger partial charge is 0.390 e. The van der Waals surface area contributed by atoms with Gasteiger partial charge in [0.25, 0.3) is 0 Å². The molecule has 1 aliphatic rings. The van der Waals surface area contributed by atoms with Crippen LogP contribution >= 0.6 is 0 Å². The Morgan fingerprint density at radius 2 is 1.89 bits per heavy atom. The first-order chi connectivity index (χ1) is 8.47. The van der Waals surface area contributed by atoms with E-state index in [0.29, 0.717) is 0 Å². The summed E-state index contributed by atoms with van der Waals surface area (Å²) in [5.74, 6) is 0. The van der Waals surface area contributed by atoms with Crippen molar-refractivity contribution in [1.82, 2.24) is 10.2 Å². The normalized spacial score (nSPS) is 25.6. The summed E-state index contributed by atoms with van der Waals surface area (Å²) in [5.41, 5.74) is 1.39. The topological polar surface area (TPSA) is 35.5 Å². The van der Waals surface area contributed by atoms with Gasteiger partial charge in [-0.3, -0.25) is 4.90 Å². The molecule has 1 aromatic rings. The summed E-state index contributed by atoms with van der Waals surface area (Å²) >= 11 is 0. The lowest BCUT2D eigenvalue weighted by Gasteiger charge is -2.31. The van der Waals surface area contributed by atoms with Gasteiger partial charge in [-0.2, -0.15) is 0 Å². The minimum Gasteiger partial charge on any atom is -0.390 e. The molecule has 1 saturated heterocycles. The number of benzene rings is 1. The number of hydrogen-bond donors (Lipinski definition) is 2. The van der Waals surface area contributed by atoms with E-state index in [0.717, 1.165) is 19.6 Å². The highest BCUT2D eigenvalue weighted by atomic mass is 16.3. The summed E-state index contributed by atoms with van der Waals surface area (Å²) in [6.45, 7) is 9.08. The van der Waals surface area contributed by atoms with E-state index >= 15 is 0 Å². The molecule has 0 radical (unpaired) electrons. The third-order valence-electron chi connectivity index (χ3n) is 3.65. The summed E-state index contributed by atoms with van der Waals surface area (Å²) in [6, 6.07) is 10.5. The quantitative estimate of drug-likeness (QED) is 0.853. The van der Waals surface area contributed by atoms with Crippen molar-refractivity contribution in [2.24, 2.45) is 0 Å². The molecule has 18 heavy (non-hydrogen) atoms. The minimum atomic E-state index is -0.270. The molecule has 100 valence electrons. The molecule has 0 unspecified atom stereocenters. The molecule has 3 heteroatoms. The molecule has 1 heterocycles. The van der Waals surface area contributed by atoms with Crippen molar-refractivity contribution in [1.29, 1.82) is 0 Å². The fraction of sp³-hybridized carbons (Fsp3) is 0.600. The summed E-state index contributed by atoms with van der Waals surface area (Å²) in [4.78, 5) is 2.33. The van der Waals surface area contributed by atoms with Gasteiger partial charge in [-0.05, 0) is 26.3 Å². The van der Waals surface area contributed by atoms with E-state index in [2.05, 4.69) is 43.1 Å². The van der Waals surface area contributed by atoms with E-state index in [1.807, 2.05) is 18.2 Å². The molecular weight excluding hydrogens is 224 g/mol. The average Bonchev–Trinajstić information content (AvgIpc) is 2.69. The fourth-order valence-electron chi connectivity index (χ4n) is 2.38. The van der Waals surface area contributed by atoms with Gasteiger partial charge in [-0.1, -0.05) is 30.3 Å². The van der Waals surface area contributed by atoms with Crippen LogP contribution in [-0.4, -0.2) is 40.8 Å². The van der Waals surface area contributed by atoms with E-state index in [-0.39, 0.29) is 17.7 Å². The molecule has 0 aliphatic carbocycles. The zero-order valence-corrected chi connectivity index (χ0v) is 11.6. The molecule has 3 nitrogen and oxygen atoms in total. The van der Waals surface area contributed by atoms with Crippen LogP contribution < -0.4 is 5.32 Å². The number of hydrogen-bond acceptors (Lipinski definition) is 3. The molecule has 0 saturated carbocycles. The first-order valence-corrected chi connectivity index (χ1v) is 6.67. The molecular formula is C15H24N2O. The van der Waals surface area contributed by atoms with Crippen molar-refractivity contribution in [2.75, 3.05) is 13.1 Å². The predicted octanol–water partition coefficient (Wildman–Crippen LogP) is 1.62. The number of likely N-dealkylation sites (tertiary alicyclic amines) is 1. The van der Waals surface area contributed by atoms with Crippen LogP contribution in [-0.2, 0) is 6.54 Å². The van der Waals surface area contributed by atoms with Crippen LogP contribution in [0.15, 0.2) is 30.3 Å². The third kappa shape index (κ3) is 3.31. The Hall–Kier alpha value is -0.900. The lowest BCUT2D eigenvalue weighted by atomic mass is 10.1. The zero-order chi connectivity index (χ0) is 13.2. The van der Waals surface area contributed by atoms with Gasteiger partial charge in [0.15, 0.2) is 0 Å². The summed E-state index contributed by atoms with van der Waals surface area (Å²) in [7, 11) is 0. The van der Waals surface area contributed by atoms with Crippen LogP contribution in [0.3, 0.4) is 0 Å². The number of aliphatic hydroxyl groups excluding tert-OH is 1. The Morgan fingerprint density at radius 3 is 2.44 bits per heavy atom. The van der Waals surface area contributed by atoms with Crippen LogP contribution in [0, 0.1) is 0 Å². The highest BCUT2D eigenvalue weighted by Crippen LogP contribution is 2.21. The smallest absolute Gasteiger partial charge is 0.0832 e. The second kappa shape index (κ2) is 5.39. The maximum absolute atomic E-state index is 10.1. The van der Waals surface area contributed by atoms with E-state index < -0.39 is 0 Å². The van der Waals surface area contributed by atoms with E-state index in [1.54, 1.807) is 0 Å². The average molecular weight is 248 g/mol. The Labute approximate surface area is 110 Å². The summed E-state index contributed by atoms with van der Waals surface area (Å²) in [5, 5.41) is 13.6. The Bertz CT molecular complexity index is 372. The Kier molecular flexibility index (Phi) is 4.05. The number of nitrogens with zero attached hydrogens (tertiary/aromatic N) is 1. The molecule has 0 amide bonds. The van der Waals surface area contributed by atoms with Gasteiger partial charge in [-0.15, -0.1) is 0 Å². The lowest BCUT2D eigenvalue weighted by Crippen LogP contribution is -2.42. The molecule has 1 aromatic carbocycles. The minimum absolute atomic E-state index is 0.129. The van der Waals surface area contributed by atoms with Gasteiger partial charge in [0.1, 0.15) is 0 Å². The standard InChI is InChI=1S/C15H24N2O/c1-15(2,3)17-10-13(14(18)11-17)16-9-12-7-5-4-6-8-12/h4-8,13-14,16,18H,9-11H2,1-3H3/t13-,14-/m0/s1. The lowest BCUT2D eigenvalue weighted by molar-refractivity contribution is 0.125. The molecule has 1 aliphatic heterocycles. The van der Waals surface area contributed by atoms with Crippen molar-refractivity contribution >= 4 is 0 Å². The Morgan fingerprint density at radius 1 is 1.22 bits per heavy atom. The molecule has 2 atom stereocenters. The molecule has 0 aromatic heterocycles. The Balaban J connectivity index is 1.87. The first kappa shape index (κ1) is 13.5. The summed E-state index contributed by atoms with van der Waals surface area (Å²) < 4.78 is 0. The predicted molar refractivity (Wildman–Crippen MR) is 74.4 cm³/mol. The number of rotatable bonds is 3. The second-order valence-corrected chi connectivity index (χ2v) is 6.12. The van der Waals surface area contributed by atoms with Gasteiger partial charge in [0.05, 0.1) is 6.10 Å². The molecule has 2 N–H and O–H groups in total. The van der Waals surface area contributed by atoms with Crippen molar-refractivity contribution < 1.29 is 5.11 Å². The third-order valence-corrected chi connectivity index (χ3v) is 3.65. The van der Waals surface area contributed by atoms with Gasteiger partial charge in [0, 0.05) is 31.2 Å². The van der Waals surface area contributed by atoms with Gasteiger partial charge in [-0.25, -0.2) is 0 Å². The number of aliphatic hydroxyl groups is 1. The van der Waals surface area contributed by atoms with Gasteiger partial charge in [0.2, 0.25) is 0 Å². The van der Waals surface area contributed by atoms with Crippen molar-refractivity contribution in [3.05, 3.63) is 35.9 Å². The van der Waals surface area contributed by atoms with Crippen molar-refractivity contribution in [2.45, 2.75) is 45.0 Å². The van der Waals surface area contributed by atoms with Gasteiger partial charge >= 0.3 is 0 Å².